The molecule has 0 saturated heterocycles. The summed E-state index contributed by atoms with van der Waals surface area (Å²) < 4.78 is 0. The molecule has 4 nitrogen and oxygen atoms in total. The van der Waals surface area contributed by atoms with Crippen LogP contribution in [-0.4, -0.2) is 23.5 Å². The van der Waals surface area contributed by atoms with E-state index in [4.69, 9.17) is 5.26 Å². The summed E-state index contributed by atoms with van der Waals surface area (Å²) in [5.41, 5.74) is 1.34. The molecule has 1 unspecified atom stereocenters. The lowest BCUT2D eigenvalue weighted by Gasteiger charge is -2.30. The van der Waals surface area contributed by atoms with Crippen LogP contribution in [0.2, 0.25) is 0 Å². The molecule has 0 aromatic heterocycles. The molecule has 18 heavy (non-hydrogen) atoms. The third kappa shape index (κ3) is 2.12. The van der Waals surface area contributed by atoms with E-state index >= 15 is 0 Å². The van der Waals surface area contributed by atoms with Gasteiger partial charge in [-0.25, -0.2) is 0 Å². The fourth-order valence-corrected chi connectivity index (χ4v) is 2.97. The minimum Gasteiger partial charge on any atom is -0.297 e. The monoisotopic (exact) mass is 260 g/mol. The topological polar surface area (TPSA) is 61.2 Å². The SMILES string of the molecule is CC(=O)c1ccc2c(c1)SC(C)C(=O)N2CC#N. The first-order valence-corrected chi connectivity index (χ1v) is 6.42. The molecule has 0 bridgehead atoms. The van der Waals surface area contributed by atoms with Gasteiger partial charge in [0.1, 0.15) is 6.54 Å². The minimum atomic E-state index is -0.229. The van der Waals surface area contributed by atoms with Crippen molar-refractivity contribution in [3.8, 4) is 6.07 Å². The lowest BCUT2D eigenvalue weighted by molar-refractivity contribution is -0.117. The van der Waals surface area contributed by atoms with Crippen molar-refractivity contribution in [2.45, 2.75) is 24.0 Å². The zero-order chi connectivity index (χ0) is 13.3. The molecule has 1 aliphatic heterocycles. The Morgan fingerprint density at radius 1 is 1.56 bits per heavy atom. The van der Waals surface area contributed by atoms with E-state index in [-0.39, 0.29) is 23.5 Å². The Morgan fingerprint density at radius 3 is 2.89 bits per heavy atom. The number of fused-ring (bicyclic) bond motifs is 1. The number of hydrogen-bond acceptors (Lipinski definition) is 4. The summed E-state index contributed by atoms with van der Waals surface area (Å²) in [5, 5.41) is 8.56. The van der Waals surface area contributed by atoms with Gasteiger partial charge in [-0.15, -0.1) is 11.8 Å². The molecular formula is C13H12N2O2S. The van der Waals surface area contributed by atoms with Crippen molar-refractivity contribution in [1.82, 2.24) is 0 Å². The number of rotatable bonds is 2. The van der Waals surface area contributed by atoms with Crippen molar-refractivity contribution >= 4 is 29.1 Å². The molecule has 92 valence electrons. The van der Waals surface area contributed by atoms with Gasteiger partial charge in [-0.05, 0) is 32.0 Å². The summed E-state index contributed by atoms with van der Waals surface area (Å²) >= 11 is 1.43. The van der Waals surface area contributed by atoms with E-state index in [1.54, 1.807) is 25.1 Å². The number of nitriles is 1. The highest BCUT2D eigenvalue weighted by Crippen LogP contribution is 2.39. The molecule has 0 fully saturated rings. The van der Waals surface area contributed by atoms with Gasteiger partial charge in [-0.2, -0.15) is 5.26 Å². The summed E-state index contributed by atoms with van der Waals surface area (Å²) in [6, 6.07) is 7.21. The highest BCUT2D eigenvalue weighted by molar-refractivity contribution is 8.01. The maximum absolute atomic E-state index is 12.0. The zero-order valence-corrected chi connectivity index (χ0v) is 11.0. The standard InChI is InChI=1S/C13H12N2O2S/c1-8(16)10-3-4-11-12(7-10)18-9(2)13(17)15(11)6-5-14/h3-4,7,9H,6H2,1-2H3. The maximum atomic E-state index is 12.0. The van der Waals surface area contributed by atoms with Crippen LogP contribution in [0.4, 0.5) is 5.69 Å². The summed E-state index contributed by atoms with van der Waals surface area (Å²) in [5.74, 6) is -0.0700. The van der Waals surface area contributed by atoms with Crippen LogP contribution < -0.4 is 4.90 Å². The van der Waals surface area contributed by atoms with E-state index < -0.39 is 0 Å². The van der Waals surface area contributed by atoms with Crippen molar-refractivity contribution < 1.29 is 9.59 Å². The number of nitrogens with zero attached hydrogens (tertiary/aromatic N) is 2. The Bertz CT molecular complexity index is 563. The van der Waals surface area contributed by atoms with Gasteiger partial charge in [0.15, 0.2) is 5.78 Å². The van der Waals surface area contributed by atoms with E-state index in [1.165, 1.54) is 23.6 Å². The Labute approximate surface area is 110 Å². The smallest absolute Gasteiger partial charge is 0.241 e. The molecule has 0 N–H and O–H groups in total. The number of Topliss-reactive ketones (excluding diaryl/α,β-unsaturated/α-hetero) is 1. The fourth-order valence-electron chi connectivity index (χ4n) is 1.86. The molecule has 1 amide bonds. The van der Waals surface area contributed by atoms with Crippen LogP contribution in [0.15, 0.2) is 23.1 Å². The molecule has 0 saturated carbocycles. The Balaban J connectivity index is 2.49. The molecule has 2 rings (SSSR count). The molecule has 1 aromatic carbocycles. The van der Waals surface area contributed by atoms with E-state index in [0.717, 1.165) is 10.6 Å². The molecule has 1 heterocycles. The van der Waals surface area contributed by atoms with Crippen LogP contribution >= 0.6 is 11.8 Å². The number of carbonyl (C=O) groups excluding carboxylic acids is 2. The van der Waals surface area contributed by atoms with Gasteiger partial charge in [0.05, 0.1) is 17.0 Å². The third-order valence-electron chi connectivity index (χ3n) is 2.80. The average molecular weight is 260 g/mol. The molecular weight excluding hydrogens is 248 g/mol. The number of hydrogen-bond donors (Lipinski definition) is 0. The van der Waals surface area contributed by atoms with E-state index in [2.05, 4.69) is 0 Å². The number of ketones is 1. The van der Waals surface area contributed by atoms with Gasteiger partial charge in [0.25, 0.3) is 0 Å². The number of anilines is 1. The van der Waals surface area contributed by atoms with E-state index in [1.807, 2.05) is 6.07 Å². The van der Waals surface area contributed by atoms with E-state index in [9.17, 15) is 9.59 Å². The van der Waals surface area contributed by atoms with Crippen LogP contribution in [0.5, 0.6) is 0 Å². The number of carbonyl (C=O) groups is 2. The van der Waals surface area contributed by atoms with Crippen LogP contribution in [0, 0.1) is 11.3 Å². The van der Waals surface area contributed by atoms with E-state index in [0.29, 0.717) is 5.56 Å². The summed E-state index contributed by atoms with van der Waals surface area (Å²) in [4.78, 5) is 25.7. The first-order chi connectivity index (χ1) is 8.54. The second-order valence-electron chi connectivity index (χ2n) is 4.08. The molecule has 1 aliphatic rings. The van der Waals surface area contributed by atoms with Gasteiger partial charge in [-0.1, -0.05) is 0 Å². The van der Waals surface area contributed by atoms with Crippen LogP contribution in [0.1, 0.15) is 24.2 Å². The highest BCUT2D eigenvalue weighted by atomic mass is 32.2. The van der Waals surface area contributed by atoms with Gasteiger partial charge >= 0.3 is 0 Å². The molecule has 1 aromatic rings. The van der Waals surface area contributed by atoms with Gasteiger partial charge in [0, 0.05) is 10.5 Å². The van der Waals surface area contributed by atoms with Crippen molar-refractivity contribution in [3.05, 3.63) is 23.8 Å². The van der Waals surface area contributed by atoms with Crippen molar-refractivity contribution in [2.75, 3.05) is 11.4 Å². The Morgan fingerprint density at radius 2 is 2.28 bits per heavy atom. The summed E-state index contributed by atoms with van der Waals surface area (Å²) in [6.45, 7) is 3.35. The molecule has 5 heteroatoms. The van der Waals surface area contributed by atoms with Crippen molar-refractivity contribution in [1.29, 1.82) is 5.26 Å². The first-order valence-electron chi connectivity index (χ1n) is 5.54. The van der Waals surface area contributed by atoms with Gasteiger partial charge in [-0.3, -0.25) is 14.5 Å². The molecule has 1 atom stereocenters. The Hall–Kier alpha value is -1.80. The molecule has 0 radical (unpaired) electrons. The van der Waals surface area contributed by atoms with Crippen molar-refractivity contribution in [2.24, 2.45) is 0 Å². The lowest BCUT2D eigenvalue weighted by Crippen LogP contribution is -2.40. The van der Waals surface area contributed by atoms with Crippen LogP contribution in [0.25, 0.3) is 0 Å². The fraction of sp³-hybridized carbons (Fsp3) is 0.308. The zero-order valence-electron chi connectivity index (χ0n) is 10.1. The average Bonchev–Trinajstić information content (AvgIpc) is 2.34. The van der Waals surface area contributed by atoms with Crippen molar-refractivity contribution in [3.63, 3.8) is 0 Å². The first kappa shape index (κ1) is 12.7. The minimum absolute atomic E-state index is 0.00483. The van der Waals surface area contributed by atoms with Gasteiger partial charge < -0.3 is 0 Å². The predicted molar refractivity (Wildman–Crippen MR) is 69.7 cm³/mol. The molecule has 0 spiro atoms. The number of thioether (sulfide) groups is 1. The highest BCUT2D eigenvalue weighted by Gasteiger charge is 2.30. The summed E-state index contributed by atoms with van der Waals surface area (Å²) in [7, 11) is 0. The molecule has 0 aliphatic carbocycles. The summed E-state index contributed by atoms with van der Waals surface area (Å²) in [6.07, 6.45) is 0. The van der Waals surface area contributed by atoms with Gasteiger partial charge in [0.2, 0.25) is 5.91 Å². The number of benzene rings is 1. The third-order valence-corrected chi connectivity index (χ3v) is 3.94. The predicted octanol–water partition coefficient (Wildman–Crippen LogP) is 2.24. The number of amides is 1. The normalized spacial score (nSPS) is 18.2. The Kier molecular flexibility index (Phi) is 3.39. The quantitative estimate of drug-likeness (QED) is 0.604. The van der Waals surface area contributed by atoms with Crippen LogP contribution in [0.3, 0.4) is 0 Å². The second kappa shape index (κ2) is 4.83. The largest absolute Gasteiger partial charge is 0.297 e. The second-order valence-corrected chi connectivity index (χ2v) is 5.46. The van der Waals surface area contributed by atoms with Crippen LogP contribution in [-0.2, 0) is 4.79 Å². The lowest BCUT2D eigenvalue weighted by atomic mass is 10.1. The maximum Gasteiger partial charge on any atom is 0.241 e.